The molecular formula is C35H37NO6. The number of para-hydroxylation sites is 1. The van der Waals surface area contributed by atoms with Crippen LogP contribution in [0.15, 0.2) is 91.0 Å². The van der Waals surface area contributed by atoms with Gasteiger partial charge in [-0.15, -0.1) is 0 Å². The maximum Gasteiger partial charge on any atom is 0.410 e. The number of esters is 1. The Morgan fingerprint density at radius 3 is 2.38 bits per heavy atom. The van der Waals surface area contributed by atoms with Gasteiger partial charge in [-0.1, -0.05) is 72.8 Å². The summed E-state index contributed by atoms with van der Waals surface area (Å²) in [6.45, 7) is 6.25. The van der Waals surface area contributed by atoms with E-state index in [0.29, 0.717) is 25.3 Å². The zero-order chi connectivity index (χ0) is 29.7. The molecule has 0 spiro atoms. The van der Waals surface area contributed by atoms with Crippen LogP contribution in [-0.4, -0.2) is 48.9 Å². The van der Waals surface area contributed by atoms with Crippen molar-refractivity contribution in [1.29, 1.82) is 0 Å². The lowest BCUT2D eigenvalue weighted by Gasteiger charge is -2.36. The van der Waals surface area contributed by atoms with Crippen molar-refractivity contribution in [3.63, 3.8) is 0 Å². The number of rotatable bonds is 8. The van der Waals surface area contributed by atoms with Crippen LogP contribution in [0.2, 0.25) is 0 Å². The van der Waals surface area contributed by atoms with Gasteiger partial charge in [0.05, 0.1) is 13.7 Å². The Hall–Kier alpha value is -4.52. The normalized spacial score (nSPS) is 16.2. The molecule has 2 atom stereocenters. The summed E-state index contributed by atoms with van der Waals surface area (Å²) >= 11 is 0. The molecule has 0 fully saturated rings. The van der Waals surface area contributed by atoms with E-state index in [4.69, 9.17) is 14.2 Å². The van der Waals surface area contributed by atoms with E-state index in [1.165, 1.54) is 7.11 Å². The highest BCUT2D eigenvalue weighted by atomic mass is 16.6. The van der Waals surface area contributed by atoms with E-state index < -0.39 is 11.6 Å². The van der Waals surface area contributed by atoms with E-state index in [-0.39, 0.29) is 24.7 Å². The van der Waals surface area contributed by atoms with E-state index >= 15 is 0 Å². The lowest BCUT2D eigenvalue weighted by molar-refractivity contribution is -0.142. The number of hydrogen-bond donors (Lipinski definition) is 0. The van der Waals surface area contributed by atoms with Crippen molar-refractivity contribution in [3.05, 3.63) is 108 Å². The highest BCUT2D eigenvalue weighted by Crippen LogP contribution is 2.41. The summed E-state index contributed by atoms with van der Waals surface area (Å²) in [7, 11) is 1.33. The monoisotopic (exact) mass is 567 g/mol. The third kappa shape index (κ3) is 7.03. The predicted octanol–water partition coefficient (Wildman–Crippen LogP) is 7.11. The second-order valence-electron chi connectivity index (χ2n) is 11.5. The largest absolute Gasteiger partial charge is 0.488 e. The second-order valence-corrected chi connectivity index (χ2v) is 11.5. The first-order valence-corrected chi connectivity index (χ1v) is 14.2. The van der Waals surface area contributed by atoms with E-state index in [9.17, 15) is 9.59 Å². The zero-order valence-electron chi connectivity index (χ0n) is 24.5. The first kappa shape index (κ1) is 29.0. The van der Waals surface area contributed by atoms with Crippen LogP contribution in [0.4, 0.5) is 4.79 Å². The first-order chi connectivity index (χ1) is 20.2. The molecule has 2 unspecified atom stereocenters. The van der Waals surface area contributed by atoms with Crippen molar-refractivity contribution in [2.24, 2.45) is 0 Å². The van der Waals surface area contributed by atoms with Crippen LogP contribution < -0.4 is 9.47 Å². The van der Waals surface area contributed by atoms with Gasteiger partial charge < -0.3 is 23.8 Å². The average Bonchev–Trinajstić information content (AvgIpc) is 2.98. The molecule has 0 saturated carbocycles. The molecule has 0 N–H and O–H groups in total. The Kier molecular flexibility index (Phi) is 8.67. The van der Waals surface area contributed by atoms with Crippen molar-refractivity contribution >= 4 is 22.8 Å². The van der Waals surface area contributed by atoms with Gasteiger partial charge in [0.2, 0.25) is 0 Å². The molecule has 0 saturated heterocycles. The molecule has 7 heteroatoms. The molecule has 4 aromatic carbocycles. The van der Waals surface area contributed by atoms with Crippen LogP contribution in [0.25, 0.3) is 10.8 Å². The van der Waals surface area contributed by atoms with E-state index in [2.05, 4.69) is 35.1 Å². The molecule has 0 radical (unpaired) electrons. The first-order valence-electron chi connectivity index (χ1n) is 14.2. The van der Waals surface area contributed by atoms with Crippen molar-refractivity contribution < 1.29 is 28.5 Å². The highest BCUT2D eigenvalue weighted by molar-refractivity contribution is 5.86. The van der Waals surface area contributed by atoms with E-state index in [0.717, 1.165) is 33.2 Å². The van der Waals surface area contributed by atoms with Crippen LogP contribution in [0.5, 0.6) is 11.5 Å². The van der Waals surface area contributed by atoms with Crippen LogP contribution >= 0.6 is 0 Å². The molecule has 1 heterocycles. The quantitative estimate of drug-likeness (QED) is 0.211. The fourth-order valence-electron chi connectivity index (χ4n) is 5.33. The molecule has 7 nitrogen and oxygen atoms in total. The lowest BCUT2D eigenvalue weighted by Crippen LogP contribution is -2.43. The maximum absolute atomic E-state index is 13.5. The fourth-order valence-corrected chi connectivity index (χ4v) is 5.33. The van der Waals surface area contributed by atoms with Gasteiger partial charge in [-0.05, 0) is 67.3 Å². The van der Waals surface area contributed by atoms with Gasteiger partial charge in [0.15, 0.2) is 6.61 Å². The minimum atomic E-state index is -0.631. The molecule has 218 valence electrons. The number of amides is 1. The molecule has 1 amide bonds. The van der Waals surface area contributed by atoms with Crippen LogP contribution in [0, 0.1) is 0 Å². The summed E-state index contributed by atoms with van der Waals surface area (Å²) in [5.74, 6) is 1.01. The van der Waals surface area contributed by atoms with Crippen LogP contribution in [0.1, 0.15) is 49.8 Å². The zero-order valence-corrected chi connectivity index (χ0v) is 24.5. The Labute approximate surface area is 247 Å². The number of carbonyl (C=O) groups excluding carboxylic acids is 2. The minimum Gasteiger partial charge on any atom is -0.488 e. The van der Waals surface area contributed by atoms with Crippen molar-refractivity contribution in [2.75, 3.05) is 20.3 Å². The van der Waals surface area contributed by atoms with Crippen molar-refractivity contribution in [3.8, 4) is 11.5 Å². The molecule has 0 aromatic heterocycles. The summed E-state index contributed by atoms with van der Waals surface area (Å²) in [6, 6.07) is 30.1. The predicted molar refractivity (Wildman–Crippen MR) is 162 cm³/mol. The second kappa shape index (κ2) is 12.6. The third-order valence-corrected chi connectivity index (χ3v) is 7.27. The number of carbonyl (C=O) groups is 2. The van der Waals surface area contributed by atoms with Gasteiger partial charge in [0.1, 0.15) is 23.2 Å². The smallest absolute Gasteiger partial charge is 0.410 e. The number of ether oxygens (including phenoxy) is 4. The Bertz CT molecular complexity index is 1540. The fraction of sp³-hybridized carbons (Fsp3) is 0.314. The lowest BCUT2D eigenvalue weighted by atomic mass is 9.84. The average molecular weight is 568 g/mol. The maximum atomic E-state index is 13.5. The van der Waals surface area contributed by atoms with Crippen LogP contribution in [-0.2, 0) is 20.8 Å². The number of hydrogen-bond acceptors (Lipinski definition) is 6. The molecular weight excluding hydrogens is 530 g/mol. The summed E-state index contributed by atoms with van der Waals surface area (Å²) in [4.78, 5) is 26.8. The number of methoxy groups -OCH3 is 1. The molecule has 4 aromatic rings. The SMILES string of the molecule is COC(=O)COc1ccc(C2CC(CN(Cc3cccc4ccccc34)C(=O)OC(C)(C)C)Oc3ccccc32)cc1. The Balaban J connectivity index is 1.40. The molecule has 0 bridgehead atoms. The molecule has 0 aliphatic carbocycles. The highest BCUT2D eigenvalue weighted by Gasteiger charge is 2.33. The molecule has 1 aliphatic rings. The summed E-state index contributed by atoms with van der Waals surface area (Å²) in [5, 5.41) is 2.23. The third-order valence-electron chi connectivity index (χ3n) is 7.27. The van der Waals surface area contributed by atoms with Crippen LogP contribution in [0.3, 0.4) is 0 Å². The van der Waals surface area contributed by atoms with Gasteiger partial charge in [-0.25, -0.2) is 9.59 Å². The topological polar surface area (TPSA) is 74.3 Å². The van der Waals surface area contributed by atoms with Crippen molar-refractivity contribution in [1.82, 2.24) is 4.90 Å². The Morgan fingerprint density at radius 2 is 1.62 bits per heavy atom. The summed E-state index contributed by atoms with van der Waals surface area (Å²) < 4.78 is 22.5. The summed E-state index contributed by atoms with van der Waals surface area (Å²) in [6.07, 6.45) is 0.0398. The standard InChI is InChI=1S/C35H37NO6/c1-35(2,3)42-34(38)36(21-26-12-9-11-24-10-5-6-13-29(24)26)22-28-20-31(30-14-7-8-15-32(30)41-28)25-16-18-27(19-17-25)40-23-33(37)39-4/h5-19,28,31H,20-23H2,1-4H3. The van der Waals surface area contributed by atoms with Crippen molar-refractivity contribution in [2.45, 2.75) is 51.4 Å². The van der Waals surface area contributed by atoms with Gasteiger partial charge in [0, 0.05) is 18.0 Å². The van der Waals surface area contributed by atoms with E-state index in [1.54, 1.807) is 4.90 Å². The molecule has 42 heavy (non-hydrogen) atoms. The number of fused-ring (bicyclic) bond motifs is 2. The van der Waals surface area contributed by atoms with Gasteiger partial charge in [0.25, 0.3) is 0 Å². The van der Waals surface area contributed by atoms with Gasteiger partial charge in [-0.3, -0.25) is 0 Å². The van der Waals surface area contributed by atoms with Gasteiger partial charge in [-0.2, -0.15) is 0 Å². The molecule has 5 rings (SSSR count). The summed E-state index contributed by atoms with van der Waals surface area (Å²) in [5.41, 5.74) is 2.61. The van der Waals surface area contributed by atoms with E-state index in [1.807, 2.05) is 81.4 Å². The molecule has 1 aliphatic heterocycles. The number of benzene rings is 4. The number of nitrogens with zero attached hydrogens (tertiary/aromatic N) is 1. The van der Waals surface area contributed by atoms with Gasteiger partial charge >= 0.3 is 12.1 Å². The minimum absolute atomic E-state index is 0.0487. The Morgan fingerprint density at radius 1 is 0.905 bits per heavy atom.